The number of non-ortho nitro benzene ring substituents is 1. The first kappa shape index (κ1) is 11.2. The van der Waals surface area contributed by atoms with Gasteiger partial charge < -0.3 is 0 Å². The van der Waals surface area contributed by atoms with E-state index in [1.807, 2.05) is 0 Å². The fourth-order valence-electron chi connectivity index (χ4n) is 1.47. The summed E-state index contributed by atoms with van der Waals surface area (Å²) in [5.41, 5.74) is -0.521. The first-order valence-corrected chi connectivity index (χ1v) is 4.70. The third-order valence-corrected chi connectivity index (χ3v) is 2.23. The average molecular weight is 234 g/mol. The molecule has 0 saturated carbocycles. The minimum absolute atomic E-state index is 0.0230. The predicted octanol–water partition coefficient (Wildman–Crippen LogP) is 3.34. The molecule has 0 spiro atoms. The molecule has 17 heavy (non-hydrogen) atoms. The molecule has 3 nitrogen and oxygen atoms in total. The van der Waals surface area contributed by atoms with E-state index in [1.165, 1.54) is 18.2 Å². The van der Waals surface area contributed by atoms with E-state index in [0.29, 0.717) is 0 Å². The molecule has 5 heteroatoms. The van der Waals surface area contributed by atoms with Crippen LogP contribution in [0.2, 0.25) is 0 Å². The summed E-state index contributed by atoms with van der Waals surface area (Å²) in [6, 6.07) is 9.54. The Morgan fingerprint density at radius 1 is 1.18 bits per heavy atom. The van der Waals surface area contributed by atoms with Crippen LogP contribution in [0.25, 0.3) is 11.1 Å². The van der Waals surface area contributed by atoms with Crippen molar-refractivity contribution >= 4 is 5.69 Å². The average Bonchev–Trinajstić information content (AvgIpc) is 2.29. The highest BCUT2D eigenvalue weighted by molar-refractivity contribution is 5.66. The standard InChI is InChI=1S/C12H6F2NO2/c13-10-5-2-6-11(14)12(10)8-3-1-4-9(7-8)15(16)17/h1-2,4-7H. The third-order valence-electron chi connectivity index (χ3n) is 2.23. The van der Waals surface area contributed by atoms with Gasteiger partial charge in [-0.15, -0.1) is 0 Å². The lowest BCUT2D eigenvalue weighted by molar-refractivity contribution is -0.384. The Kier molecular flexibility index (Phi) is 2.82. The fraction of sp³-hybridized carbons (Fsp3) is 0. The van der Waals surface area contributed by atoms with Crippen molar-refractivity contribution in [3.63, 3.8) is 0 Å². The van der Waals surface area contributed by atoms with Gasteiger partial charge in [-0.25, -0.2) is 8.78 Å². The van der Waals surface area contributed by atoms with Crippen LogP contribution in [0.1, 0.15) is 0 Å². The number of nitro benzene ring substituents is 1. The van der Waals surface area contributed by atoms with E-state index in [1.54, 1.807) is 0 Å². The zero-order valence-corrected chi connectivity index (χ0v) is 8.48. The molecule has 2 aromatic rings. The third kappa shape index (κ3) is 2.13. The van der Waals surface area contributed by atoms with E-state index in [9.17, 15) is 18.9 Å². The summed E-state index contributed by atoms with van der Waals surface area (Å²) in [7, 11) is 0. The van der Waals surface area contributed by atoms with Gasteiger partial charge in [0.05, 0.1) is 10.5 Å². The summed E-state index contributed by atoms with van der Waals surface area (Å²) in [5, 5.41) is 10.6. The maximum absolute atomic E-state index is 13.4. The molecule has 0 heterocycles. The number of halogens is 2. The Morgan fingerprint density at radius 2 is 1.82 bits per heavy atom. The molecule has 0 unspecified atom stereocenters. The molecule has 0 aliphatic rings. The van der Waals surface area contributed by atoms with Gasteiger partial charge in [0, 0.05) is 17.7 Å². The number of nitro groups is 1. The Hall–Kier alpha value is -2.30. The summed E-state index contributed by atoms with van der Waals surface area (Å²) in [5.74, 6) is -1.55. The monoisotopic (exact) mass is 234 g/mol. The largest absolute Gasteiger partial charge is 0.270 e. The second-order valence-corrected chi connectivity index (χ2v) is 3.31. The van der Waals surface area contributed by atoms with Gasteiger partial charge in [0.2, 0.25) is 0 Å². The molecule has 0 saturated heterocycles. The van der Waals surface area contributed by atoms with E-state index in [0.717, 1.165) is 18.2 Å². The van der Waals surface area contributed by atoms with Crippen molar-refractivity contribution in [1.82, 2.24) is 0 Å². The second-order valence-electron chi connectivity index (χ2n) is 3.31. The molecule has 0 amide bonds. The molecular formula is C12H6F2NO2. The predicted molar refractivity (Wildman–Crippen MR) is 57.3 cm³/mol. The number of benzene rings is 2. The van der Waals surface area contributed by atoms with Crippen LogP contribution in [0.5, 0.6) is 0 Å². The van der Waals surface area contributed by atoms with Crippen molar-refractivity contribution < 1.29 is 13.7 Å². The van der Waals surface area contributed by atoms with Crippen molar-refractivity contribution in [2.45, 2.75) is 0 Å². The van der Waals surface area contributed by atoms with Crippen LogP contribution in [0.4, 0.5) is 14.5 Å². The van der Waals surface area contributed by atoms with Crippen LogP contribution in [-0.2, 0) is 0 Å². The SMILES string of the molecule is O=[N+]([O-])c1cc[c]c(-c2c(F)cccc2F)c1. The van der Waals surface area contributed by atoms with E-state index in [-0.39, 0.29) is 16.8 Å². The number of hydrogen-bond acceptors (Lipinski definition) is 2. The summed E-state index contributed by atoms with van der Waals surface area (Å²) in [6.07, 6.45) is 0. The highest BCUT2D eigenvalue weighted by Gasteiger charge is 2.14. The van der Waals surface area contributed by atoms with Crippen molar-refractivity contribution in [1.29, 1.82) is 0 Å². The zero-order valence-electron chi connectivity index (χ0n) is 8.48. The van der Waals surface area contributed by atoms with Gasteiger partial charge in [-0.2, -0.15) is 0 Å². The van der Waals surface area contributed by atoms with Crippen LogP contribution in [0.15, 0.2) is 36.4 Å². The number of hydrogen-bond donors (Lipinski definition) is 0. The highest BCUT2D eigenvalue weighted by atomic mass is 19.1. The van der Waals surface area contributed by atoms with Crippen molar-refractivity contribution in [2.75, 3.05) is 0 Å². The van der Waals surface area contributed by atoms with E-state index in [2.05, 4.69) is 6.07 Å². The minimum atomic E-state index is -0.776. The van der Waals surface area contributed by atoms with Crippen LogP contribution in [-0.4, -0.2) is 4.92 Å². The van der Waals surface area contributed by atoms with Gasteiger partial charge in [-0.05, 0) is 24.3 Å². The molecule has 0 atom stereocenters. The molecule has 0 aliphatic heterocycles. The van der Waals surface area contributed by atoms with Crippen LogP contribution in [0.3, 0.4) is 0 Å². The first-order valence-electron chi connectivity index (χ1n) is 4.70. The van der Waals surface area contributed by atoms with Crippen molar-refractivity contribution in [2.24, 2.45) is 0 Å². The van der Waals surface area contributed by atoms with Gasteiger partial charge >= 0.3 is 0 Å². The molecule has 2 rings (SSSR count). The topological polar surface area (TPSA) is 43.1 Å². The van der Waals surface area contributed by atoms with Gasteiger partial charge in [0.15, 0.2) is 0 Å². The maximum atomic E-state index is 13.4. The Morgan fingerprint density at radius 3 is 2.41 bits per heavy atom. The maximum Gasteiger partial charge on any atom is 0.270 e. The molecule has 0 bridgehead atoms. The Bertz CT molecular complexity index is 564. The molecule has 0 N–H and O–H groups in total. The smallest absolute Gasteiger partial charge is 0.258 e. The van der Waals surface area contributed by atoms with Gasteiger partial charge in [-0.1, -0.05) is 6.07 Å². The van der Waals surface area contributed by atoms with Crippen LogP contribution in [0, 0.1) is 27.8 Å². The minimum Gasteiger partial charge on any atom is -0.258 e. The molecule has 85 valence electrons. The molecule has 1 radical (unpaired) electrons. The molecule has 0 fully saturated rings. The lowest BCUT2D eigenvalue weighted by Crippen LogP contribution is -1.92. The zero-order chi connectivity index (χ0) is 12.4. The molecular weight excluding hydrogens is 228 g/mol. The fourth-order valence-corrected chi connectivity index (χ4v) is 1.47. The normalized spacial score (nSPS) is 10.2. The van der Waals surface area contributed by atoms with Gasteiger partial charge in [-0.3, -0.25) is 10.1 Å². The molecule has 0 aliphatic carbocycles. The van der Waals surface area contributed by atoms with E-state index >= 15 is 0 Å². The first-order chi connectivity index (χ1) is 8.09. The lowest BCUT2D eigenvalue weighted by atomic mass is 10.0. The van der Waals surface area contributed by atoms with Crippen LogP contribution >= 0.6 is 0 Å². The summed E-state index contributed by atoms with van der Waals surface area (Å²) < 4.78 is 26.9. The summed E-state index contributed by atoms with van der Waals surface area (Å²) >= 11 is 0. The van der Waals surface area contributed by atoms with Crippen molar-refractivity contribution in [3.8, 4) is 11.1 Å². The summed E-state index contributed by atoms with van der Waals surface area (Å²) in [6.45, 7) is 0. The molecule has 2 aromatic carbocycles. The highest BCUT2D eigenvalue weighted by Crippen LogP contribution is 2.27. The van der Waals surface area contributed by atoms with Crippen LogP contribution < -0.4 is 0 Å². The van der Waals surface area contributed by atoms with Gasteiger partial charge in [0.1, 0.15) is 11.6 Å². The van der Waals surface area contributed by atoms with Gasteiger partial charge in [0.25, 0.3) is 5.69 Å². The van der Waals surface area contributed by atoms with Crippen molar-refractivity contribution in [3.05, 3.63) is 64.2 Å². The van der Waals surface area contributed by atoms with E-state index in [4.69, 9.17) is 0 Å². The Labute approximate surface area is 95.5 Å². The number of nitrogens with zero attached hydrogens (tertiary/aromatic N) is 1. The van der Waals surface area contributed by atoms with E-state index < -0.39 is 16.6 Å². The lowest BCUT2D eigenvalue weighted by Gasteiger charge is -2.04. The quantitative estimate of drug-likeness (QED) is 0.590. The second kappa shape index (κ2) is 4.29. The number of rotatable bonds is 2. The summed E-state index contributed by atoms with van der Waals surface area (Å²) in [4.78, 5) is 9.93. The Balaban J connectivity index is 2.61. The molecule has 0 aromatic heterocycles.